The molecule has 1 rings (SSSR count). The van der Waals surface area contributed by atoms with Crippen molar-refractivity contribution >= 4 is 11.9 Å². The molecule has 0 amide bonds. The Morgan fingerprint density at radius 1 is 1.12 bits per heavy atom. The molecule has 0 radical (unpaired) electrons. The summed E-state index contributed by atoms with van der Waals surface area (Å²) in [4.78, 5) is 23.9. The lowest BCUT2D eigenvalue weighted by Gasteiger charge is -2.08. The Morgan fingerprint density at radius 3 is 1.94 bits per heavy atom. The number of carboxylic acid groups (broad SMARTS) is 2. The topological polar surface area (TPSA) is 200 Å². The monoisotopic (exact) mass is 231 g/mol. The van der Waals surface area contributed by atoms with E-state index in [1.165, 1.54) is 6.07 Å². The van der Waals surface area contributed by atoms with Crippen molar-refractivity contribution in [3.63, 3.8) is 0 Å². The normalized spacial score (nSPS) is 7.75. The predicted octanol–water partition coefficient (Wildman–Crippen LogP) is -5.99. The Kier molecular flexibility index (Phi) is 9.70. The third kappa shape index (κ3) is 4.97. The quantitative estimate of drug-likeness (QED) is 0.286. The molecule has 1 aromatic heterocycles. The van der Waals surface area contributed by atoms with E-state index in [2.05, 4.69) is 28.4 Å². The first-order chi connectivity index (χ1) is 7.63. The lowest BCUT2D eigenvalue weighted by molar-refractivity contribution is -0.379. The highest BCUT2D eigenvalue weighted by Crippen LogP contribution is 2.01. The average molecular weight is 231 g/mol. The molecule has 0 spiro atoms. The first-order valence-electron chi connectivity index (χ1n) is 3.82. The molecule has 0 aliphatic heterocycles. The molecule has 90 valence electrons. The number of rotatable bonds is 2. The molecule has 0 aromatic carbocycles. The van der Waals surface area contributed by atoms with Crippen molar-refractivity contribution in [3.8, 4) is 0 Å². The molecular formula is C7H13N5O4. The summed E-state index contributed by atoms with van der Waals surface area (Å²) in [6, 6.07) is 2.39. The number of nitrogens with two attached hydrogens (primary N) is 2. The molecule has 0 bridgehead atoms. The van der Waals surface area contributed by atoms with Crippen LogP contribution in [0.3, 0.4) is 0 Å². The second-order valence-corrected chi connectivity index (χ2v) is 1.97. The summed E-state index contributed by atoms with van der Waals surface area (Å²) >= 11 is 0. The third-order valence-corrected chi connectivity index (χ3v) is 1.22. The number of pyridine rings is 1. The maximum absolute atomic E-state index is 10.3. The summed E-state index contributed by atoms with van der Waals surface area (Å²) in [5.74, 6) is 10.8. The molecule has 0 aliphatic rings. The van der Waals surface area contributed by atoms with Gasteiger partial charge in [-0.05, 0) is 12.1 Å². The summed E-state index contributed by atoms with van der Waals surface area (Å²) in [6.07, 6.45) is 1.16. The lowest BCUT2D eigenvalue weighted by Crippen LogP contribution is -2.59. The van der Waals surface area contributed by atoms with Crippen molar-refractivity contribution in [1.82, 2.24) is 4.98 Å². The SMILES string of the molecule is N[NH3+].N[NH3+].O=C([O-])c1cccnc1C(=O)[O-]. The summed E-state index contributed by atoms with van der Waals surface area (Å²) in [7, 11) is 0. The van der Waals surface area contributed by atoms with Crippen molar-refractivity contribution in [2.24, 2.45) is 11.7 Å². The molecule has 0 unspecified atom stereocenters. The molecule has 0 aliphatic carbocycles. The Balaban J connectivity index is 0. The van der Waals surface area contributed by atoms with E-state index in [9.17, 15) is 19.8 Å². The smallest absolute Gasteiger partial charge is 0.0947 e. The first-order valence-corrected chi connectivity index (χ1v) is 3.82. The van der Waals surface area contributed by atoms with Gasteiger partial charge in [-0.3, -0.25) is 16.7 Å². The van der Waals surface area contributed by atoms with E-state index in [1.54, 1.807) is 0 Å². The molecule has 0 fully saturated rings. The third-order valence-electron chi connectivity index (χ3n) is 1.22. The van der Waals surface area contributed by atoms with Crippen LogP contribution in [-0.2, 0) is 0 Å². The Hall–Kier alpha value is -2.07. The van der Waals surface area contributed by atoms with Gasteiger partial charge in [-0.15, -0.1) is 0 Å². The summed E-state index contributed by atoms with van der Waals surface area (Å²) in [5, 5.41) is 20.5. The number of hydrogen-bond acceptors (Lipinski definition) is 7. The highest BCUT2D eigenvalue weighted by molar-refractivity contribution is 5.98. The van der Waals surface area contributed by atoms with E-state index in [-0.39, 0.29) is 0 Å². The van der Waals surface area contributed by atoms with Crippen LogP contribution in [0.15, 0.2) is 18.3 Å². The number of carbonyl (C=O) groups excluding carboxylic acids is 2. The molecule has 9 nitrogen and oxygen atoms in total. The number of aromatic carboxylic acids is 2. The van der Waals surface area contributed by atoms with Crippen LogP contribution >= 0.6 is 0 Å². The second-order valence-electron chi connectivity index (χ2n) is 1.97. The van der Waals surface area contributed by atoms with E-state index < -0.39 is 23.2 Å². The molecule has 0 saturated heterocycles. The van der Waals surface area contributed by atoms with Gasteiger partial charge < -0.3 is 19.8 Å². The van der Waals surface area contributed by atoms with Crippen LogP contribution < -0.4 is 33.6 Å². The van der Waals surface area contributed by atoms with Crippen LogP contribution in [0.25, 0.3) is 0 Å². The van der Waals surface area contributed by atoms with Crippen LogP contribution in [0.1, 0.15) is 20.8 Å². The average Bonchev–Trinajstić information content (AvgIpc) is 2.34. The molecule has 10 N–H and O–H groups in total. The van der Waals surface area contributed by atoms with Gasteiger partial charge in [-0.1, -0.05) is 0 Å². The van der Waals surface area contributed by atoms with Crippen LogP contribution in [-0.4, -0.2) is 16.9 Å². The fourth-order valence-corrected chi connectivity index (χ4v) is 0.733. The first kappa shape index (κ1) is 16.4. The molecule has 0 saturated carbocycles. The van der Waals surface area contributed by atoms with Crippen LogP contribution in [0, 0.1) is 0 Å². The second kappa shape index (κ2) is 9.48. The Labute approximate surface area is 90.6 Å². The van der Waals surface area contributed by atoms with Crippen LogP contribution in [0.5, 0.6) is 0 Å². The maximum Gasteiger partial charge on any atom is 0.0947 e. The molecule has 1 heterocycles. The largest absolute Gasteiger partial charge is 0.545 e. The van der Waals surface area contributed by atoms with Gasteiger partial charge in [-0.25, -0.2) is 0 Å². The Morgan fingerprint density at radius 2 is 1.62 bits per heavy atom. The minimum absolute atomic E-state index is 0.475. The van der Waals surface area contributed by atoms with Gasteiger partial charge in [0.15, 0.2) is 0 Å². The van der Waals surface area contributed by atoms with E-state index in [0.29, 0.717) is 0 Å². The molecule has 16 heavy (non-hydrogen) atoms. The molecule has 9 heteroatoms. The zero-order valence-electron chi connectivity index (χ0n) is 8.38. The van der Waals surface area contributed by atoms with Gasteiger partial charge in [0, 0.05) is 11.8 Å². The number of carboxylic acids is 2. The highest BCUT2D eigenvalue weighted by Gasteiger charge is 2.03. The van der Waals surface area contributed by atoms with Gasteiger partial charge in [0.25, 0.3) is 0 Å². The molecule has 0 atom stereocenters. The van der Waals surface area contributed by atoms with Gasteiger partial charge in [0.05, 0.1) is 17.6 Å². The Bertz CT molecular complexity index is 310. The minimum atomic E-state index is -1.63. The molecular weight excluding hydrogens is 218 g/mol. The predicted molar refractivity (Wildman–Crippen MR) is 47.0 cm³/mol. The van der Waals surface area contributed by atoms with Crippen LogP contribution in [0.4, 0.5) is 0 Å². The van der Waals surface area contributed by atoms with E-state index in [0.717, 1.165) is 12.3 Å². The van der Waals surface area contributed by atoms with Gasteiger partial charge in [-0.2, -0.15) is 11.7 Å². The van der Waals surface area contributed by atoms with E-state index in [4.69, 9.17) is 0 Å². The zero-order chi connectivity index (χ0) is 13.1. The number of aromatic nitrogens is 1. The van der Waals surface area contributed by atoms with Crippen molar-refractivity contribution in [2.45, 2.75) is 0 Å². The van der Waals surface area contributed by atoms with Gasteiger partial charge >= 0.3 is 0 Å². The van der Waals surface area contributed by atoms with Crippen molar-refractivity contribution < 1.29 is 31.5 Å². The van der Waals surface area contributed by atoms with E-state index >= 15 is 0 Å². The lowest BCUT2D eigenvalue weighted by atomic mass is 10.2. The number of nitrogens with zero attached hydrogens (tertiary/aromatic N) is 1. The van der Waals surface area contributed by atoms with Crippen molar-refractivity contribution in [1.29, 1.82) is 0 Å². The van der Waals surface area contributed by atoms with Gasteiger partial charge in [0.2, 0.25) is 0 Å². The number of carbonyl (C=O) groups is 2. The summed E-state index contributed by atoms with van der Waals surface area (Å²) < 4.78 is 0. The maximum atomic E-state index is 10.3. The zero-order valence-corrected chi connectivity index (χ0v) is 8.38. The number of hydrogen-bond donors (Lipinski definition) is 4. The van der Waals surface area contributed by atoms with Crippen molar-refractivity contribution in [3.05, 3.63) is 29.6 Å². The summed E-state index contributed by atoms with van der Waals surface area (Å²) in [5.41, 5.74) is -1.09. The molecule has 1 aromatic rings. The minimum Gasteiger partial charge on any atom is -0.545 e. The van der Waals surface area contributed by atoms with E-state index in [1.807, 2.05) is 0 Å². The fraction of sp³-hybridized carbons (Fsp3) is 0. The standard InChI is InChI=1S/C7H5NO4.2H4N2/c9-6(10)4-2-1-3-8-5(4)7(11)12;2*1-2/h1-3H,(H,9,10)(H,11,12);2*1-2H2. The summed E-state index contributed by atoms with van der Waals surface area (Å²) in [6.45, 7) is 0. The van der Waals surface area contributed by atoms with Crippen LogP contribution in [0.2, 0.25) is 0 Å². The fourth-order valence-electron chi connectivity index (χ4n) is 0.733. The van der Waals surface area contributed by atoms with Gasteiger partial charge in [0.1, 0.15) is 0 Å². The van der Waals surface area contributed by atoms with Crippen molar-refractivity contribution in [2.75, 3.05) is 0 Å². The highest BCUT2D eigenvalue weighted by atomic mass is 16.4. The number of quaternary nitrogens is 2.